The maximum atomic E-state index is 14.3. The van der Waals surface area contributed by atoms with Crippen LogP contribution in [0.4, 0.5) is 4.39 Å². The van der Waals surface area contributed by atoms with E-state index >= 15 is 0 Å². The predicted molar refractivity (Wildman–Crippen MR) is 123 cm³/mol. The standard InChI is InChI=1S/C26H21FN4O/c1-16-8-20-9-17(2-3-24(20)30-14-16)10-22-12-19(5-6-28-22)26(32)31-15-21-11-18-4-7-29-25(18)13-23(21)27/h2-9,11-14,29H,10,15H2,1H3,(H,31,32). The van der Waals surface area contributed by atoms with Gasteiger partial charge in [0.1, 0.15) is 5.82 Å². The van der Waals surface area contributed by atoms with Crippen LogP contribution < -0.4 is 5.32 Å². The number of hydrogen-bond donors (Lipinski definition) is 2. The second-order valence-electron chi connectivity index (χ2n) is 7.94. The van der Waals surface area contributed by atoms with Crippen molar-refractivity contribution in [3.63, 3.8) is 0 Å². The third-order valence-electron chi connectivity index (χ3n) is 5.51. The van der Waals surface area contributed by atoms with Gasteiger partial charge in [0.05, 0.1) is 5.52 Å². The number of nitrogens with zero attached hydrogens (tertiary/aromatic N) is 2. The van der Waals surface area contributed by atoms with E-state index in [2.05, 4.69) is 32.4 Å². The van der Waals surface area contributed by atoms with Gasteiger partial charge in [0.2, 0.25) is 0 Å². The summed E-state index contributed by atoms with van der Waals surface area (Å²) in [5.41, 5.74) is 5.62. The molecule has 0 aliphatic rings. The summed E-state index contributed by atoms with van der Waals surface area (Å²) in [6.45, 7) is 2.13. The van der Waals surface area contributed by atoms with Gasteiger partial charge in [0, 0.05) is 59.3 Å². The van der Waals surface area contributed by atoms with Crippen LogP contribution in [0.3, 0.4) is 0 Å². The average molecular weight is 424 g/mol. The molecule has 1 amide bonds. The van der Waals surface area contributed by atoms with Crippen molar-refractivity contribution in [1.82, 2.24) is 20.3 Å². The molecule has 5 nitrogen and oxygen atoms in total. The number of carbonyl (C=O) groups is 1. The number of H-pyrrole nitrogens is 1. The van der Waals surface area contributed by atoms with Gasteiger partial charge >= 0.3 is 0 Å². The highest BCUT2D eigenvalue weighted by Crippen LogP contribution is 2.19. The fourth-order valence-corrected chi connectivity index (χ4v) is 3.86. The molecule has 3 heterocycles. The number of aromatic amines is 1. The van der Waals surface area contributed by atoms with E-state index in [4.69, 9.17) is 0 Å². The molecule has 5 aromatic rings. The average Bonchev–Trinajstić information content (AvgIpc) is 3.24. The molecule has 6 heteroatoms. The Kier molecular flexibility index (Phi) is 5.11. The van der Waals surface area contributed by atoms with E-state index in [1.54, 1.807) is 30.6 Å². The summed E-state index contributed by atoms with van der Waals surface area (Å²) < 4.78 is 14.3. The van der Waals surface area contributed by atoms with Crippen LogP contribution in [0.25, 0.3) is 21.8 Å². The van der Waals surface area contributed by atoms with Crippen LogP contribution in [-0.4, -0.2) is 20.9 Å². The number of aryl methyl sites for hydroxylation is 1. The first-order valence-electron chi connectivity index (χ1n) is 10.4. The van der Waals surface area contributed by atoms with Crippen LogP contribution in [0.2, 0.25) is 0 Å². The number of rotatable bonds is 5. The summed E-state index contributed by atoms with van der Waals surface area (Å²) in [4.78, 5) is 24.5. The zero-order chi connectivity index (χ0) is 22.1. The molecule has 0 atom stereocenters. The number of amides is 1. The molecule has 0 spiro atoms. The van der Waals surface area contributed by atoms with Crippen molar-refractivity contribution in [2.24, 2.45) is 0 Å². The van der Waals surface area contributed by atoms with Gasteiger partial charge in [-0.3, -0.25) is 14.8 Å². The zero-order valence-corrected chi connectivity index (χ0v) is 17.5. The van der Waals surface area contributed by atoms with Gasteiger partial charge in [-0.2, -0.15) is 0 Å². The first-order chi connectivity index (χ1) is 15.5. The molecule has 3 aromatic heterocycles. The van der Waals surface area contributed by atoms with Gasteiger partial charge in [-0.25, -0.2) is 4.39 Å². The monoisotopic (exact) mass is 424 g/mol. The number of nitrogens with one attached hydrogen (secondary N) is 2. The maximum absolute atomic E-state index is 14.3. The van der Waals surface area contributed by atoms with Crippen molar-refractivity contribution < 1.29 is 9.18 Å². The van der Waals surface area contributed by atoms with Crippen LogP contribution in [0.15, 0.2) is 73.2 Å². The van der Waals surface area contributed by atoms with E-state index in [1.807, 2.05) is 31.3 Å². The minimum absolute atomic E-state index is 0.112. The molecular weight excluding hydrogens is 403 g/mol. The van der Waals surface area contributed by atoms with Crippen molar-refractivity contribution >= 4 is 27.7 Å². The van der Waals surface area contributed by atoms with Crippen LogP contribution in [0, 0.1) is 12.7 Å². The second-order valence-corrected chi connectivity index (χ2v) is 7.94. The van der Waals surface area contributed by atoms with Crippen molar-refractivity contribution in [3.05, 3.63) is 107 Å². The van der Waals surface area contributed by atoms with Crippen molar-refractivity contribution in [1.29, 1.82) is 0 Å². The summed E-state index contributed by atoms with van der Waals surface area (Å²) in [6, 6.07) is 16.7. The van der Waals surface area contributed by atoms with Gasteiger partial charge in [-0.05, 0) is 72.0 Å². The molecule has 158 valence electrons. The molecule has 0 radical (unpaired) electrons. The van der Waals surface area contributed by atoms with E-state index in [-0.39, 0.29) is 18.3 Å². The Balaban J connectivity index is 1.30. The van der Waals surface area contributed by atoms with Gasteiger partial charge in [0.25, 0.3) is 5.91 Å². The van der Waals surface area contributed by atoms with E-state index in [0.29, 0.717) is 17.5 Å². The number of carbonyl (C=O) groups excluding carboxylic acids is 1. The predicted octanol–water partition coefficient (Wildman–Crippen LogP) is 5.08. The van der Waals surface area contributed by atoms with Gasteiger partial charge < -0.3 is 10.3 Å². The molecule has 5 rings (SSSR count). The molecular formula is C26H21FN4O. The number of pyridine rings is 2. The Labute approximate surface area is 184 Å². The Hall–Kier alpha value is -4.06. The number of benzene rings is 2. The second kappa shape index (κ2) is 8.23. The minimum Gasteiger partial charge on any atom is -0.361 e. The summed E-state index contributed by atoms with van der Waals surface area (Å²) in [6.07, 6.45) is 5.85. The minimum atomic E-state index is -0.350. The third-order valence-corrected chi connectivity index (χ3v) is 5.51. The molecule has 0 aliphatic carbocycles. The Bertz CT molecular complexity index is 1460. The topological polar surface area (TPSA) is 70.7 Å². The van der Waals surface area contributed by atoms with Gasteiger partial charge in [0.15, 0.2) is 0 Å². The van der Waals surface area contributed by atoms with Gasteiger partial charge in [-0.1, -0.05) is 6.07 Å². The summed E-state index contributed by atoms with van der Waals surface area (Å²) in [7, 11) is 0. The van der Waals surface area contributed by atoms with Crippen LogP contribution >= 0.6 is 0 Å². The van der Waals surface area contributed by atoms with E-state index < -0.39 is 0 Å². The molecule has 2 aromatic carbocycles. The van der Waals surface area contributed by atoms with Crippen molar-refractivity contribution in [3.8, 4) is 0 Å². The molecule has 2 N–H and O–H groups in total. The van der Waals surface area contributed by atoms with E-state index in [9.17, 15) is 9.18 Å². The number of fused-ring (bicyclic) bond motifs is 2. The highest BCUT2D eigenvalue weighted by Gasteiger charge is 2.11. The summed E-state index contributed by atoms with van der Waals surface area (Å²) in [5.74, 6) is -0.614. The largest absolute Gasteiger partial charge is 0.361 e. The highest BCUT2D eigenvalue weighted by atomic mass is 19.1. The number of hydrogen-bond acceptors (Lipinski definition) is 3. The lowest BCUT2D eigenvalue weighted by Crippen LogP contribution is -2.23. The Morgan fingerprint density at radius 2 is 1.94 bits per heavy atom. The molecule has 0 saturated carbocycles. The SMILES string of the molecule is Cc1cnc2ccc(Cc3cc(C(=O)NCc4cc5cc[nH]c5cc4F)ccn3)cc2c1. The van der Waals surface area contributed by atoms with Crippen LogP contribution in [-0.2, 0) is 13.0 Å². The zero-order valence-electron chi connectivity index (χ0n) is 17.5. The first-order valence-corrected chi connectivity index (χ1v) is 10.4. The molecule has 0 fully saturated rings. The quantitative estimate of drug-likeness (QED) is 0.413. The van der Waals surface area contributed by atoms with Gasteiger partial charge in [-0.15, -0.1) is 0 Å². The molecule has 32 heavy (non-hydrogen) atoms. The van der Waals surface area contributed by atoms with Crippen LogP contribution in [0.5, 0.6) is 0 Å². The highest BCUT2D eigenvalue weighted by molar-refractivity contribution is 5.94. The molecule has 0 bridgehead atoms. The van der Waals surface area contributed by atoms with Crippen LogP contribution in [0.1, 0.15) is 32.7 Å². The molecule has 0 unspecified atom stereocenters. The normalized spacial score (nSPS) is 11.2. The maximum Gasteiger partial charge on any atom is 0.251 e. The molecule has 0 saturated heterocycles. The smallest absolute Gasteiger partial charge is 0.251 e. The Morgan fingerprint density at radius 3 is 2.84 bits per heavy atom. The number of halogens is 1. The van der Waals surface area contributed by atoms with E-state index in [0.717, 1.165) is 38.6 Å². The first kappa shape index (κ1) is 19.9. The number of aromatic nitrogens is 3. The van der Waals surface area contributed by atoms with Crippen molar-refractivity contribution in [2.75, 3.05) is 0 Å². The summed E-state index contributed by atoms with van der Waals surface area (Å²) >= 11 is 0. The lowest BCUT2D eigenvalue weighted by molar-refractivity contribution is 0.0950. The lowest BCUT2D eigenvalue weighted by Gasteiger charge is -2.09. The van der Waals surface area contributed by atoms with Crippen molar-refractivity contribution in [2.45, 2.75) is 19.9 Å². The lowest BCUT2D eigenvalue weighted by atomic mass is 10.0. The van der Waals surface area contributed by atoms with E-state index in [1.165, 1.54) is 6.07 Å². The third kappa shape index (κ3) is 4.07. The fourth-order valence-electron chi connectivity index (χ4n) is 3.86. The fraction of sp³-hybridized carbons (Fsp3) is 0.115. The Morgan fingerprint density at radius 1 is 1.03 bits per heavy atom. The molecule has 0 aliphatic heterocycles. The summed E-state index contributed by atoms with van der Waals surface area (Å²) in [5, 5.41) is 4.80.